The maximum atomic E-state index is 13.0. The van der Waals surface area contributed by atoms with Gasteiger partial charge in [-0.2, -0.15) is 0 Å². The van der Waals surface area contributed by atoms with E-state index in [0.29, 0.717) is 5.56 Å². The lowest BCUT2D eigenvalue weighted by Crippen LogP contribution is -2.42. The van der Waals surface area contributed by atoms with Gasteiger partial charge in [-0.05, 0) is 24.6 Å². The third kappa shape index (κ3) is 2.77. The second-order valence-corrected chi connectivity index (χ2v) is 7.97. The number of hydrogen-bond donors (Lipinski definition) is 1. The van der Waals surface area contributed by atoms with Gasteiger partial charge in [-0.15, -0.1) is 6.58 Å². The van der Waals surface area contributed by atoms with Crippen LogP contribution in [0.5, 0.6) is 0 Å². The Labute approximate surface area is 147 Å². The Bertz CT molecular complexity index is 906. The van der Waals surface area contributed by atoms with E-state index in [1.54, 1.807) is 42.5 Å². The number of benzene rings is 2. The molecular weight excluding hydrogens is 338 g/mol. The molecule has 130 valence electrons. The average molecular weight is 357 g/mol. The molecular formula is C19H19NO4S. The highest BCUT2D eigenvalue weighted by atomic mass is 32.2. The number of carbonyl (C=O) groups is 1. The zero-order chi connectivity index (χ0) is 18.2. The van der Waals surface area contributed by atoms with Crippen molar-refractivity contribution in [2.75, 3.05) is 0 Å². The van der Waals surface area contributed by atoms with E-state index >= 15 is 0 Å². The number of amides is 1. The van der Waals surface area contributed by atoms with Crippen molar-refractivity contribution < 1.29 is 18.3 Å². The van der Waals surface area contributed by atoms with Crippen molar-refractivity contribution in [3.05, 3.63) is 78.4 Å². The van der Waals surface area contributed by atoms with Crippen molar-refractivity contribution >= 4 is 15.9 Å². The third-order valence-electron chi connectivity index (χ3n) is 4.46. The quantitative estimate of drug-likeness (QED) is 0.853. The molecule has 1 saturated heterocycles. The summed E-state index contributed by atoms with van der Waals surface area (Å²) in [6, 6.07) is 13.8. The summed E-state index contributed by atoms with van der Waals surface area (Å²) in [7, 11) is -4.09. The van der Waals surface area contributed by atoms with Gasteiger partial charge >= 0.3 is 0 Å². The first-order valence-electron chi connectivity index (χ1n) is 7.87. The first kappa shape index (κ1) is 17.4. The molecule has 1 amide bonds. The van der Waals surface area contributed by atoms with E-state index in [2.05, 4.69) is 6.58 Å². The van der Waals surface area contributed by atoms with E-state index in [-0.39, 0.29) is 11.3 Å². The third-order valence-corrected chi connectivity index (χ3v) is 6.28. The van der Waals surface area contributed by atoms with Gasteiger partial charge in [0.1, 0.15) is 0 Å². The Hall–Kier alpha value is -2.44. The van der Waals surface area contributed by atoms with E-state index in [4.69, 9.17) is 0 Å². The van der Waals surface area contributed by atoms with E-state index in [1.165, 1.54) is 18.2 Å². The minimum atomic E-state index is -4.09. The van der Waals surface area contributed by atoms with Crippen LogP contribution in [0.3, 0.4) is 0 Å². The summed E-state index contributed by atoms with van der Waals surface area (Å²) in [5.41, 5.74) is -0.612. The zero-order valence-electron chi connectivity index (χ0n) is 13.8. The molecule has 2 atom stereocenters. The van der Waals surface area contributed by atoms with Gasteiger partial charge in [-0.3, -0.25) is 4.79 Å². The van der Waals surface area contributed by atoms with Crippen LogP contribution >= 0.6 is 0 Å². The molecule has 1 N–H and O–H groups in total. The highest BCUT2D eigenvalue weighted by Gasteiger charge is 2.55. The monoisotopic (exact) mass is 357 g/mol. The Morgan fingerprint density at radius 3 is 2.32 bits per heavy atom. The Balaban J connectivity index is 2.08. The maximum Gasteiger partial charge on any atom is 0.273 e. The molecule has 0 saturated carbocycles. The van der Waals surface area contributed by atoms with Gasteiger partial charge in [0.05, 0.1) is 10.9 Å². The number of sulfonamides is 1. The number of rotatable bonds is 4. The molecule has 1 heterocycles. The molecule has 2 aromatic carbocycles. The molecule has 0 aliphatic carbocycles. The summed E-state index contributed by atoms with van der Waals surface area (Å²) in [6.45, 7) is 5.48. The first-order valence-corrected chi connectivity index (χ1v) is 9.31. The summed E-state index contributed by atoms with van der Waals surface area (Å²) in [5.74, 6) is -0.857. The van der Waals surface area contributed by atoms with Crippen LogP contribution in [0.1, 0.15) is 17.5 Å². The molecule has 6 heteroatoms. The SMILES string of the molecule is C=C[C@H]1C[C@](O)(c2ccccc2)C(=O)N1S(=O)(=O)c1ccc(C)cc1. The van der Waals surface area contributed by atoms with Crippen LogP contribution in [-0.4, -0.2) is 29.8 Å². The Morgan fingerprint density at radius 2 is 1.76 bits per heavy atom. The second kappa shape index (κ2) is 6.13. The predicted molar refractivity (Wildman–Crippen MR) is 94.2 cm³/mol. The van der Waals surface area contributed by atoms with Crippen LogP contribution in [0.4, 0.5) is 0 Å². The summed E-state index contributed by atoms with van der Waals surface area (Å²) < 4.78 is 26.7. The van der Waals surface area contributed by atoms with Gasteiger partial charge < -0.3 is 5.11 Å². The Morgan fingerprint density at radius 1 is 1.16 bits per heavy atom. The molecule has 0 spiro atoms. The number of carbonyl (C=O) groups excluding carboxylic acids is 1. The molecule has 0 aromatic heterocycles. The fraction of sp³-hybridized carbons (Fsp3) is 0.211. The molecule has 1 aliphatic rings. The van der Waals surface area contributed by atoms with Crippen LogP contribution in [0, 0.1) is 6.92 Å². The molecule has 1 aliphatic heterocycles. The van der Waals surface area contributed by atoms with Crippen molar-refractivity contribution in [2.24, 2.45) is 0 Å². The number of hydrogen-bond acceptors (Lipinski definition) is 4. The van der Waals surface area contributed by atoms with Crippen molar-refractivity contribution in [1.29, 1.82) is 0 Å². The van der Waals surface area contributed by atoms with Crippen LogP contribution in [0.2, 0.25) is 0 Å². The molecule has 2 aromatic rings. The molecule has 3 rings (SSSR count). The smallest absolute Gasteiger partial charge is 0.273 e. The highest BCUT2D eigenvalue weighted by molar-refractivity contribution is 7.89. The van der Waals surface area contributed by atoms with Gasteiger partial charge in [0.2, 0.25) is 0 Å². The zero-order valence-corrected chi connectivity index (χ0v) is 14.6. The lowest BCUT2D eigenvalue weighted by Gasteiger charge is -2.23. The predicted octanol–water partition coefficient (Wildman–Crippen LogP) is 2.36. The largest absolute Gasteiger partial charge is 0.375 e. The maximum absolute atomic E-state index is 13.0. The van der Waals surface area contributed by atoms with Crippen molar-refractivity contribution in [3.63, 3.8) is 0 Å². The molecule has 0 radical (unpaired) electrons. The normalized spacial score (nSPS) is 23.7. The van der Waals surface area contributed by atoms with Gasteiger partial charge in [0, 0.05) is 6.42 Å². The van der Waals surface area contributed by atoms with E-state index in [9.17, 15) is 18.3 Å². The van der Waals surface area contributed by atoms with E-state index in [0.717, 1.165) is 9.87 Å². The molecule has 0 bridgehead atoms. The summed E-state index contributed by atoms with van der Waals surface area (Å²) in [5, 5.41) is 11.0. The average Bonchev–Trinajstić information content (AvgIpc) is 2.88. The number of aryl methyl sites for hydroxylation is 1. The number of nitrogens with zero attached hydrogens (tertiary/aromatic N) is 1. The Kier molecular flexibility index (Phi) is 4.26. The van der Waals surface area contributed by atoms with Crippen LogP contribution in [0.15, 0.2) is 72.1 Å². The highest BCUT2D eigenvalue weighted by Crippen LogP contribution is 2.40. The fourth-order valence-electron chi connectivity index (χ4n) is 3.05. The minimum absolute atomic E-state index is 0.00983. The summed E-state index contributed by atoms with van der Waals surface area (Å²) in [6.07, 6.45) is 1.31. The topological polar surface area (TPSA) is 74.7 Å². The minimum Gasteiger partial charge on any atom is -0.375 e. The van der Waals surface area contributed by atoms with Gasteiger partial charge in [-0.1, -0.05) is 54.1 Å². The van der Waals surface area contributed by atoms with Crippen LogP contribution in [-0.2, 0) is 20.4 Å². The summed E-state index contributed by atoms with van der Waals surface area (Å²) >= 11 is 0. The summed E-state index contributed by atoms with van der Waals surface area (Å²) in [4.78, 5) is 12.9. The van der Waals surface area contributed by atoms with E-state index in [1.807, 2.05) is 6.92 Å². The molecule has 0 unspecified atom stereocenters. The molecule has 25 heavy (non-hydrogen) atoms. The lowest BCUT2D eigenvalue weighted by atomic mass is 9.91. The van der Waals surface area contributed by atoms with Gasteiger partial charge in [-0.25, -0.2) is 12.7 Å². The van der Waals surface area contributed by atoms with Crippen LogP contribution in [0.25, 0.3) is 0 Å². The first-order chi connectivity index (χ1) is 11.8. The van der Waals surface area contributed by atoms with Crippen LogP contribution < -0.4 is 0 Å². The van der Waals surface area contributed by atoms with Gasteiger partial charge in [0.15, 0.2) is 5.60 Å². The van der Waals surface area contributed by atoms with Crippen molar-refractivity contribution in [1.82, 2.24) is 4.31 Å². The second-order valence-electron chi connectivity index (χ2n) is 6.15. The van der Waals surface area contributed by atoms with Crippen molar-refractivity contribution in [2.45, 2.75) is 29.9 Å². The number of aliphatic hydroxyl groups is 1. The van der Waals surface area contributed by atoms with Gasteiger partial charge in [0.25, 0.3) is 15.9 Å². The lowest BCUT2D eigenvalue weighted by molar-refractivity contribution is -0.140. The van der Waals surface area contributed by atoms with Crippen molar-refractivity contribution in [3.8, 4) is 0 Å². The molecule has 1 fully saturated rings. The standard InChI is InChI=1S/C19H19NO4S/c1-3-16-13-19(22,15-7-5-4-6-8-15)18(21)20(16)25(23,24)17-11-9-14(2)10-12-17/h3-12,16,22H,1,13H2,2H3/t16-,19-/m0/s1. The fourth-order valence-corrected chi connectivity index (χ4v) is 4.64. The van der Waals surface area contributed by atoms with E-state index < -0.39 is 27.6 Å². The molecule has 5 nitrogen and oxygen atoms in total.